The Morgan fingerprint density at radius 2 is 1.39 bits per heavy atom. The number of hydrogen-bond acceptors (Lipinski definition) is 1. The first-order valence-corrected chi connectivity index (χ1v) is 11.9. The van der Waals surface area contributed by atoms with E-state index in [2.05, 4.69) is 120 Å². The van der Waals surface area contributed by atoms with Crippen LogP contribution in [-0.4, -0.2) is 14.2 Å². The van der Waals surface area contributed by atoms with Gasteiger partial charge in [-0.2, -0.15) is 0 Å². The lowest BCUT2D eigenvalue weighted by Gasteiger charge is -2.17. The molecule has 0 aliphatic heterocycles. The van der Waals surface area contributed by atoms with E-state index in [1.54, 1.807) is 0 Å². The van der Waals surface area contributed by atoms with Crippen LogP contribution in [0.4, 0.5) is 0 Å². The van der Waals surface area contributed by atoms with Crippen LogP contribution < -0.4 is 4.68 Å². The van der Waals surface area contributed by atoms with E-state index in [1.165, 1.54) is 56.1 Å². The van der Waals surface area contributed by atoms with Gasteiger partial charge >= 0.3 is 5.82 Å². The molecule has 0 aliphatic rings. The average molecular weight is 442 g/mol. The second-order valence-corrected chi connectivity index (χ2v) is 9.78. The van der Waals surface area contributed by atoms with Crippen molar-refractivity contribution in [1.29, 1.82) is 0 Å². The minimum Gasteiger partial charge on any atom is -0.318 e. The van der Waals surface area contributed by atoms with Crippen LogP contribution in [0.15, 0.2) is 36.4 Å². The van der Waals surface area contributed by atoms with E-state index >= 15 is 0 Å². The Kier molecular flexibility index (Phi) is 5.81. The van der Waals surface area contributed by atoms with E-state index < -0.39 is 0 Å². The lowest BCUT2D eigenvalue weighted by molar-refractivity contribution is -0.789. The highest BCUT2D eigenvalue weighted by molar-refractivity contribution is 5.64. The minimum atomic E-state index is 0.277. The van der Waals surface area contributed by atoms with Gasteiger partial charge in [0.2, 0.25) is 0 Å². The van der Waals surface area contributed by atoms with Gasteiger partial charge in [0, 0.05) is 24.0 Å². The molecule has 4 aromatic rings. The molecule has 0 amide bonds. The molecule has 2 heterocycles. The van der Waals surface area contributed by atoms with Crippen LogP contribution in [-0.2, 0) is 0 Å². The first-order valence-electron chi connectivity index (χ1n) is 11.9. The van der Waals surface area contributed by atoms with Gasteiger partial charge in [-0.3, -0.25) is 0 Å². The number of rotatable bonds is 4. The van der Waals surface area contributed by atoms with E-state index in [0.29, 0.717) is 0 Å². The van der Waals surface area contributed by atoms with Crippen molar-refractivity contribution in [2.24, 2.45) is 0 Å². The predicted molar refractivity (Wildman–Crippen MR) is 137 cm³/mol. The second kappa shape index (κ2) is 8.33. The lowest BCUT2D eigenvalue weighted by atomic mass is 10.0. The molecular formula is C29H37N4+. The van der Waals surface area contributed by atoms with Gasteiger partial charge in [0.15, 0.2) is 0 Å². The van der Waals surface area contributed by atoms with Gasteiger partial charge in [0.05, 0.1) is 11.3 Å². The standard InChI is InChI=1S/C29H37N4/c1-17(2)32-25(10)30-29(27-14-11-18(3)15-20(27)5)33(32)28-16-26(13-12-19(28)4)31-23(8)21(6)22(7)24(31)9/h11-17H,1-10H3/q+1. The Bertz CT molecular complexity index is 1340. The molecular weight excluding hydrogens is 404 g/mol. The second-order valence-electron chi connectivity index (χ2n) is 9.78. The van der Waals surface area contributed by atoms with E-state index in [-0.39, 0.29) is 6.04 Å². The van der Waals surface area contributed by atoms with E-state index in [1.807, 2.05) is 0 Å². The number of benzene rings is 2. The average Bonchev–Trinajstić information content (AvgIpc) is 3.18. The molecule has 0 aliphatic carbocycles. The maximum absolute atomic E-state index is 5.08. The van der Waals surface area contributed by atoms with Gasteiger partial charge < -0.3 is 4.57 Å². The summed E-state index contributed by atoms with van der Waals surface area (Å²) >= 11 is 0. The molecule has 4 rings (SSSR count). The molecule has 2 aromatic heterocycles. The molecule has 0 radical (unpaired) electrons. The van der Waals surface area contributed by atoms with Gasteiger partial charge in [-0.1, -0.05) is 23.8 Å². The first-order chi connectivity index (χ1) is 15.5. The smallest absolute Gasteiger partial charge is 0.317 e. The van der Waals surface area contributed by atoms with Gasteiger partial charge in [-0.25, -0.2) is 0 Å². The quantitative estimate of drug-likeness (QED) is 0.325. The molecule has 0 spiro atoms. The fourth-order valence-corrected chi connectivity index (χ4v) is 5.05. The highest BCUT2D eigenvalue weighted by Gasteiger charge is 2.29. The Balaban J connectivity index is 2.04. The number of hydrogen-bond donors (Lipinski definition) is 0. The molecule has 0 fully saturated rings. The summed E-state index contributed by atoms with van der Waals surface area (Å²) in [6.07, 6.45) is 0. The zero-order valence-electron chi connectivity index (χ0n) is 21.8. The molecule has 0 unspecified atom stereocenters. The molecule has 0 N–H and O–H groups in total. The summed E-state index contributed by atoms with van der Waals surface area (Å²) in [6.45, 7) is 21.9. The van der Waals surface area contributed by atoms with Crippen LogP contribution in [0.5, 0.6) is 0 Å². The largest absolute Gasteiger partial charge is 0.318 e. The molecule has 0 atom stereocenters. The highest BCUT2D eigenvalue weighted by Crippen LogP contribution is 2.30. The molecule has 4 heteroatoms. The Labute approximate surface area is 198 Å². The van der Waals surface area contributed by atoms with Crippen LogP contribution in [0.25, 0.3) is 22.8 Å². The summed E-state index contributed by atoms with van der Waals surface area (Å²) in [5.41, 5.74) is 12.6. The third-order valence-corrected chi connectivity index (χ3v) is 7.13. The van der Waals surface area contributed by atoms with Crippen molar-refractivity contribution in [3.63, 3.8) is 0 Å². The van der Waals surface area contributed by atoms with Crippen molar-refractivity contribution >= 4 is 0 Å². The van der Waals surface area contributed by atoms with E-state index in [9.17, 15) is 0 Å². The normalized spacial score (nSPS) is 11.6. The zero-order valence-corrected chi connectivity index (χ0v) is 21.8. The number of aryl methyl sites for hydroxylation is 4. The van der Waals surface area contributed by atoms with Crippen LogP contribution in [0, 0.1) is 55.4 Å². The van der Waals surface area contributed by atoms with Crippen LogP contribution in [0.1, 0.15) is 64.9 Å². The summed E-state index contributed by atoms with van der Waals surface area (Å²) < 4.78 is 7.02. The minimum absolute atomic E-state index is 0.277. The number of aromatic nitrogens is 4. The summed E-state index contributed by atoms with van der Waals surface area (Å²) in [6, 6.07) is 13.7. The number of nitrogens with zero attached hydrogens (tertiary/aromatic N) is 4. The van der Waals surface area contributed by atoms with Crippen molar-refractivity contribution in [2.45, 2.75) is 75.3 Å². The highest BCUT2D eigenvalue weighted by atomic mass is 15.5. The summed E-state index contributed by atoms with van der Waals surface area (Å²) in [5, 5.41) is 0. The van der Waals surface area contributed by atoms with Crippen molar-refractivity contribution < 1.29 is 4.68 Å². The lowest BCUT2D eigenvalue weighted by Crippen LogP contribution is -2.47. The fraction of sp³-hybridized carbons (Fsp3) is 0.379. The molecule has 0 bridgehead atoms. The summed E-state index contributed by atoms with van der Waals surface area (Å²) in [7, 11) is 0. The van der Waals surface area contributed by atoms with Crippen LogP contribution >= 0.6 is 0 Å². The monoisotopic (exact) mass is 441 g/mol. The fourth-order valence-electron chi connectivity index (χ4n) is 5.05. The van der Waals surface area contributed by atoms with Gasteiger partial charge in [-0.05, 0) is 108 Å². The zero-order chi connectivity index (χ0) is 24.2. The molecule has 33 heavy (non-hydrogen) atoms. The van der Waals surface area contributed by atoms with E-state index in [4.69, 9.17) is 4.98 Å². The van der Waals surface area contributed by atoms with Crippen LogP contribution in [0.2, 0.25) is 0 Å². The molecule has 0 saturated heterocycles. The molecule has 172 valence electrons. The SMILES string of the molecule is Cc1ccc(-c2nc(C)[n+](C(C)C)n2-c2cc(-n3c(C)c(C)c(C)c3C)ccc2C)c(C)c1. The van der Waals surface area contributed by atoms with Gasteiger partial charge in [0.1, 0.15) is 6.04 Å². The van der Waals surface area contributed by atoms with Gasteiger partial charge in [0.25, 0.3) is 5.82 Å². The predicted octanol–water partition coefficient (Wildman–Crippen LogP) is 6.67. The van der Waals surface area contributed by atoms with Crippen LogP contribution in [0.3, 0.4) is 0 Å². The van der Waals surface area contributed by atoms with E-state index in [0.717, 1.165) is 11.6 Å². The maximum atomic E-state index is 5.08. The topological polar surface area (TPSA) is 26.6 Å². The maximum Gasteiger partial charge on any atom is 0.317 e. The van der Waals surface area contributed by atoms with Crippen molar-refractivity contribution in [3.05, 3.63) is 81.4 Å². The summed E-state index contributed by atoms with van der Waals surface area (Å²) in [4.78, 5) is 5.08. The van der Waals surface area contributed by atoms with Crippen molar-refractivity contribution in [2.75, 3.05) is 0 Å². The Morgan fingerprint density at radius 1 is 0.758 bits per heavy atom. The molecule has 4 nitrogen and oxygen atoms in total. The molecule has 0 saturated carbocycles. The van der Waals surface area contributed by atoms with Crippen molar-refractivity contribution in [1.82, 2.24) is 14.2 Å². The molecule has 2 aromatic carbocycles. The Hall–Kier alpha value is -3.14. The summed E-state index contributed by atoms with van der Waals surface area (Å²) in [5.74, 6) is 2.01. The Morgan fingerprint density at radius 3 is 1.97 bits per heavy atom. The third-order valence-electron chi connectivity index (χ3n) is 7.13. The van der Waals surface area contributed by atoms with Crippen molar-refractivity contribution in [3.8, 4) is 22.8 Å². The first kappa shape index (κ1) is 23.0. The third kappa shape index (κ3) is 3.72. The van der Waals surface area contributed by atoms with Gasteiger partial charge in [-0.15, -0.1) is 9.36 Å².